The van der Waals surface area contributed by atoms with Crippen LogP contribution in [-0.4, -0.2) is 21.6 Å². The van der Waals surface area contributed by atoms with Gasteiger partial charge in [-0.25, -0.2) is 27.5 Å². The summed E-state index contributed by atoms with van der Waals surface area (Å²) in [5, 5.41) is 3.49. The molecule has 0 spiro atoms. The SMILES string of the molecule is CC(C)=NOCc1c(F)c(F)c(COC(=O)C(c2cnc(C(C)(C)C)nc2)C(C)(C)C)c(F)c1F. The molecule has 0 saturated heterocycles. The van der Waals surface area contributed by atoms with Gasteiger partial charge in [-0.2, -0.15) is 0 Å². The minimum atomic E-state index is -1.67. The highest BCUT2D eigenvalue weighted by molar-refractivity contribution is 5.79. The molecular formula is C25H31F4N3O3. The molecule has 2 aromatic rings. The Hall–Kier alpha value is -3.04. The minimum absolute atomic E-state index is 0.307. The molecule has 0 fully saturated rings. The van der Waals surface area contributed by atoms with Crippen molar-refractivity contribution in [3.8, 4) is 0 Å². The molecule has 0 aliphatic heterocycles. The third-order valence-electron chi connectivity index (χ3n) is 5.04. The van der Waals surface area contributed by atoms with E-state index < -0.39 is 64.9 Å². The fraction of sp³-hybridized carbons (Fsp3) is 0.520. The molecular weight excluding hydrogens is 466 g/mol. The predicted octanol–water partition coefficient (Wildman–Crippen LogP) is 6.12. The molecule has 10 heteroatoms. The zero-order chi connectivity index (χ0) is 26.7. The number of nitrogens with zero attached hydrogens (tertiary/aromatic N) is 3. The van der Waals surface area contributed by atoms with Crippen molar-refractivity contribution in [3.63, 3.8) is 0 Å². The molecule has 0 bridgehead atoms. The van der Waals surface area contributed by atoms with Crippen molar-refractivity contribution in [1.29, 1.82) is 0 Å². The Balaban J connectivity index is 2.31. The Labute approximate surface area is 202 Å². The van der Waals surface area contributed by atoms with Gasteiger partial charge >= 0.3 is 5.97 Å². The summed E-state index contributed by atoms with van der Waals surface area (Å²) in [6, 6.07) is 0. The number of halogens is 4. The molecule has 1 heterocycles. The van der Waals surface area contributed by atoms with Gasteiger partial charge in [0.1, 0.15) is 19.0 Å². The van der Waals surface area contributed by atoms with Gasteiger partial charge in [0.15, 0.2) is 23.3 Å². The van der Waals surface area contributed by atoms with E-state index in [9.17, 15) is 22.4 Å². The number of hydrogen-bond donors (Lipinski definition) is 0. The first kappa shape index (κ1) is 28.2. The maximum Gasteiger partial charge on any atom is 0.314 e. The van der Waals surface area contributed by atoms with Crippen LogP contribution in [0.1, 0.15) is 83.8 Å². The lowest BCUT2D eigenvalue weighted by Gasteiger charge is -2.29. The van der Waals surface area contributed by atoms with Gasteiger partial charge in [0.2, 0.25) is 0 Å². The number of rotatable bonds is 7. The van der Waals surface area contributed by atoms with Gasteiger partial charge in [-0.05, 0) is 19.3 Å². The van der Waals surface area contributed by atoms with Crippen molar-refractivity contribution in [2.24, 2.45) is 10.6 Å². The predicted molar refractivity (Wildman–Crippen MR) is 123 cm³/mol. The number of ether oxygens (including phenoxy) is 1. The van der Waals surface area contributed by atoms with E-state index in [2.05, 4.69) is 15.1 Å². The highest BCUT2D eigenvalue weighted by Crippen LogP contribution is 2.36. The van der Waals surface area contributed by atoms with Gasteiger partial charge in [-0.1, -0.05) is 46.7 Å². The van der Waals surface area contributed by atoms with E-state index in [4.69, 9.17) is 9.57 Å². The molecule has 6 nitrogen and oxygen atoms in total. The average Bonchev–Trinajstić information content (AvgIpc) is 2.73. The zero-order valence-corrected chi connectivity index (χ0v) is 21.2. The fourth-order valence-electron chi connectivity index (χ4n) is 3.29. The number of benzene rings is 1. The second-order valence-electron chi connectivity index (χ2n) is 10.5. The van der Waals surface area contributed by atoms with Crippen LogP contribution in [0.25, 0.3) is 0 Å². The van der Waals surface area contributed by atoms with Crippen molar-refractivity contribution in [2.75, 3.05) is 0 Å². The lowest BCUT2D eigenvalue weighted by molar-refractivity contribution is -0.149. The molecule has 0 amide bonds. The molecule has 0 N–H and O–H groups in total. The maximum atomic E-state index is 14.6. The summed E-state index contributed by atoms with van der Waals surface area (Å²) in [7, 11) is 0. The Kier molecular flexibility index (Phi) is 8.62. The molecule has 1 unspecified atom stereocenters. The Morgan fingerprint density at radius 3 is 1.74 bits per heavy atom. The summed E-state index contributed by atoms with van der Waals surface area (Å²) in [6.45, 7) is 12.4. The number of oxime groups is 1. The molecule has 1 aromatic carbocycles. The van der Waals surface area contributed by atoms with Crippen LogP contribution in [0.4, 0.5) is 17.6 Å². The fourth-order valence-corrected chi connectivity index (χ4v) is 3.29. The molecule has 0 aliphatic carbocycles. The van der Waals surface area contributed by atoms with E-state index in [0.717, 1.165) is 0 Å². The molecule has 0 aliphatic rings. The zero-order valence-electron chi connectivity index (χ0n) is 21.2. The topological polar surface area (TPSA) is 73.7 Å². The molecule has 35 heavy (non-hydrogen) atoms. The second-order valence-corrected chi connectivity index (χ2v) is 10.5. The van der Waals surface area contributed by atoms with Gasteiger partial charge in [0, 0.05) is 23.4 Å². The summed E-state index contributed by atoms with van der Waals surface area (Å²) in [4.78, 5) is 26.3. The van der Waals surface area contributed by atoms with Crippen LogP contribution in [0.5, 0.6) is 0 Å². The van der Waals surface area contributed by atoms with E-state index in [1.807, 2.05) is 20.8 Å². The second kappa shape index (κ2) is 10.7. The van der Waals surface area contributed by atoms with Crippen LogP contribution < -0.4 is 0 Å². The van der Waals surface area contributed by atoms with Crippen molar-refractivity contribution in [1.82, 2.24) is 9.97 Å². The van der Waals surface area contributed by atoms with Crippen LogP contribution >= 0.6 is 0 Å². The van der Waals surface area contributed by atoms with E-state index >= 15 is 0 Å². The number of carbonyl (C=O) groups is 1. The van der Waals surface area contributed by atoms with Crippen molar-refractivity contribution in [3.05, 3.63) is 58.2 Å². The third kappa shape index (κ3) is 6.76. The third-order valence-corrected chi connectivity index (χ3v) is 5.04. The number of carbonyl (C=O) groups excluding carboxylic acids is 1. The van der Waals surface area contributed by atoms with E-state index in [1.165, 1.54) is 12.4 Å². The van der Waals surface area contributed by atoms with Gasteiger partial charge in [0.05, 0.1) is 22.8 Å². The quantitative estimate of drug-likeness (QED) is 0.152. The van der Waals surface area contributed by atoms with Crippen molar-refractivity contribution >= 4 is 11.7 Å². The van der Waals surface area contributed by atoms with E-state index in [-0.39, 0.29) is 5.41 Å². The van der Waals surface area contributed by atoms with Gasteiger partial charge in [-0.15, -0.1) is 0 Å². The van der Waals surface area contributed by atoms with Gasteiger partial charge in [-0.3, -0.25) is 4.79 Å². The van der Waals surface area contributed by atoms with Crippen molar-refractivity contribution in [2.45, 2.75) is 79.9 Å². The van der Waals surface area contributed by atoms with E-state index in [0.29, 0.717) is 17.1 Å². The molecule has 1 aromatic heterocycles. The highest BCUT2D eigenvalue weighted by Gasteiger charge is 2.36. The minimum Gasteiger partial charge on any atom is -0.460 e. The van der Waals surface area contributed by atoms with Gasteiger partial charge < -0.3 is 9.57 Å². The molecule has 0 radical (unpaired) electrons. The number of aromatic nitrogens is 2. The van der Waals surface area contributed by atoms with Crippen LogP contribution in [0.15, 0.2) is 17.5 Å². The standard InChI is InChI=1S/C25H31F4N3O3/c1-13(2)32-35-12-16-20(28)18(26)15(19(27)21(16)29)11-34-22(33)17(24(3,4)5)14-9-30-23(31-10-14)25(6,7)8/h9-10,17H,11-12H2,1-8H3. The van der Waals surface area contributed by atoms with Gasteiger partial charge in [0.25, 0.3) is 0 Å². The largest absolute Gasteiger partial charge is 0.460 e. The average molecular weight is 498 g/mol. The lowest BCUT2D eigenvalue weighted by atomic mass is 9.77. The van der Waals surface area contributed by atoms with Crippen LogP contribution in [0.2, 0.25) is 0 Å². The summed E-state index contributed by atoms with van der Waals surface area (Å²) in [5.74, 6) is -7.80. The first-order valence-electron chi connectivity index (χ1n) is 11.0. The summed E-state index contributed by atoms with van der Waals surface area (Å²) in [6.07, 6.45) is 3.00. The lowest BCUT2D eigenvalue weighted by Crippen LogP contribution is -2.29. The maximum absolute atomic E-state index is 14.6. The summed E-state index contributed by atoms with van der Waals surface area (Å²) >= 11 is 0. The monoisotopic (exact) mass is 497 g/mol. The summed E-state index contributed by atoms with van der Waals surface area (Å²) < 4.78 is 63.1. The smallest absolute Gasteiger partial charge is 0.314 e. The normalized spacial score (nSPS) is 12.8. The molecule has 0 saturated carbocycles. The first-order chi connectivity index (χ1) is 16.1. The molecule has 2 rings (SSSR count). The van der Waals surface area contributed by atoms with Crippen LogP contribution in [-0.2, 0) is 33.0 Å². The van der Waals surface area contributed by atoms with Crippen LogP contribution in [0, 0.1) is 28.7 Å². The number of hydrogen-bond acceptors (Lipinski definition) is 6. The first-order valence-corrected chi connectivity index (χ1v) is 11.0. The van der Waals surface area contributed by atoms with Crippen LogP contribution in [0.3, 0.4) is 0 Å². The molecule has 1 atom stereocenters. The van der Waals surface area contributed by atoms with Crippen molar-refractivity contribution < 1.29 is 31.9 Å². The molecule has 192 valence electrons. The Bertz CT molecular complexity index is 1070. The highest BCUT2D eigenvalue weighted by atomic mass is 19.2. The summed E-state index contributed by atoms with van der Waals surface area (Å²) in [5.41, 5.74) is -2.10. The van der Waals surface area contributed by atoms with E-state index in [1.54, 1.807) is 34.6 Å². The Morgan fingerprint density at radius 2 is 1.34 bits per heavy atom. The number of esters is 1. The Morgan fingerprint density at radius 1 is 0.886 bits per heavy atom.